The molecule has 2 rings (SSSR count). The summed E-state index contributed by atoms with van der Waals surface area (Å²) >= 11 is 5.99. The maximum absolute atomic E-state index is 11.8. The Morgan fingerprint density at radius 1 is 1.22 bits per heavy atom. The average molecular weight is 351 g/mol. The van der Waals surface area contributed by atoms with E-state index >= 15 is 0 Å². The maximum atomic E-state index is 11.8. The van der Waals surface area contributed by atoms with Crippen molar-refractivity contribution in [1.29, 1.82) is 5.26 Å². The topological polar surface area (TPSA) is 96.3 Å². The first-order valence-electron chi connectivity index (χ1n) is 6.29. The first-order chi connectivity index (χ1) is 10.8. The summed E-state index contributed by atoms with van der Waals surface area (Å²) in [5.74, 6) is -0.260. The summed E-state index contributed by atoms with van der Waals surface area (Å²) in [6.45, 7) is 0. The molecule has 0 aromatic heterocycles. The lowest BCUT2D eigenvalue weighted by Gasteiger charge is -2.10. The predicted molar refractivity (Wildman–Crippen MR) is 85.0 cm³/mol. The van der Waals surface area contributed by atoms with Crippen LogP contribution in [0, 0.1) is 11.3 Å². The predicted octanol–water partition coefficient (Wildman–Crippen LogP) is 2.69. The maximum Gasteiger partial charge on any atom is 0.264 e. The fraction of sp³-hybridized carbons (Fsp3) is 0.0667. The van der Waals surface area contributed by atoms with Crippen molar-refractivity contribution in [3.8, 4) is 17.6 Å². The first kappa shape index (κ1) is 16.8. The van der Waals surface area contributed by atoms with Crippen LogP contribution in [0.25, 0.3) is 0 Å². The first-order valence-corrected chi connectivity index (χ1v) is 8.56. The van der Waals surface area contributed by atoms with Gasteiger partial charge in [-0.3, -0.25) is 4.79 Å². The van der Waals surface area contributed by atoms with Gasteiger partial charge in [0.1, 0.15) is 17.6 Å². The number of nitriles is 1. The van der Waals surface area contributed by atoms with Crippen LogP contribution in [-0.4, -0.2) is 20.6 Å². The fourth-order valence-corrected chi connectivity index (χ4v) is 2.35. The van der Waals surface area contributed by atoms with Gasteiger partial charge in [0.2, 0.25) is 10.0 Å². The number of rotatable bonds is 4. The molecular weight excluding hydrogens is 340 g/mol. The van der Waals surface area contributed by atoms with Gasteiger partial charge in [-0.05, 0) is 30.3 Å². The Morgan fingerprint density at radius 2 is 1.91 bits per heavy atom. The Balaban J connectivity index is 2.32. The summed E-state index contributed by atoms with van der Waals surface area (Å²) in [4.78, 5) is 11.8. The smallest absolute Gasteiger partial charge is 0.264 e. The van der Waals surface area contributed by atoms with Gasteiger partial charge in [-0.1, -0.05) is 23.7 Å². The van der Waals surface area contributed by atoms with Gasteiger partial charge in [0.15, 0.2) is 0 Å². The van der Waals surface area contributed by atoms with E-state index in [1.807, 2.05) is 10.8 Å². The number of halogens is 1. The summed E-state index contributed by atoms with van der Waals surface area (Å²) < 4.78 is 29.5. The SMILES string of the molecule is CS(=O)(=O)NC(=O)c1ccc(Oc2ccccc2Cl)c(C#N)c1. The number of hydrogen-bond donors (Lipinski definition) is 1. The molecule has 0 heterocycles. The molecule has 1 N–H and O–H groups in total. The molecule has 0 bridgehead atoms. The zero-order valence-corrected chi connectivity index (χ0v) is 13.5. The van der Waals surface area contributed by atoms with Gasteiger partial charge < -0.3 is 4.74 Å². The summed E-state index contributed by atoms with van der Waals surface area (Å²) in [5.41, 5.74) is 0.101. The molecule has 0 fully saturated rings. The highest BCUT2D eigenvalue weighted by Crippen LogP contribution is 2.31. The molecule has 2 aromatic rings. The van der Waals surface area contributed by atoms with Crippen LogP contribution < -0.4 is 9.46 Å². The average Bonchev–Trinajstić information content (AvgIpc) is 2.48. The molecule has 0 spiro atoms. The molecule has 2 aromatic carbocycles. The minimum Gasteiger partial charge on any atom is -0.454 e. The Kier molecular flexibility index (Phi) is 4.89. The summed E-state index contributed by atoms with van der Waals surface area (Å²) in [5, 5.41) is 9.56. The van der Waals surface area contributed by atoms with Crippen molar-refractivity contribution in [2.75, 3.05) is 6.26 Å². The van der Waals surface area contributed by atoms with Gasteiger partial charge in [-0.15, -0.1) is 0 Å². The van der Waals surface area contributed by atoms with E-state index in [4.69, 9.17) is 16.3 Å². The van der Waals surface area contributed by atoms with Crippen molar-refractivity contribution in [2.45, 2.75) is 0 Å². The third-order valence-corrected chi connectivity index (χ3v) is 3.57. The van der Waals surface area contributed by atoms with Crippen LogP contribution in [-0.2, 0) is 10.0 Å². The van der Waals surface area contributed by atoms with E-state index < -0.39 is 15.9 Å². The van der Waals surface area contributed by atoms with E-state index in [1.54, 1.807) is 24.3 Å². The molecule has 6 nitrogen and oxygen atoms in total. The number of carbonyl (C=O) groups is 1. The van der Waals surface area contributed by atoms with Crippen molar-refractivity contribution in [2.24, 2.45) is 0 Å². The molecule has 0 radical (unpaired) electrons. The highest BCUT2D eigenvalue weighted by atomic mass is 35.5. The lowest BCUT2D eigenvalue weighted by Crippen LogP contribution is -2.29. The van der Waals surface area contributed by atoms with Crippen LogP contribution in [0.4, 0.5) is 0 Å². The molecule has 1 amide bonds. The standard InChI is InChI=1S/C15H11ClN2O4S/c1-23(20,21)18-15(19)10-6-7-13(11(8-10)9-17)22-14-5-3-2-4-12(14)16/h2-8H,1H3,(H,18,19). The van der Waals surface area contributed by atoms with E-state index in [-0.39, 0.29) is 16.9 Å². The molecule has 0 saturated heterocycles. The molecule has 8 heteroatoms. The minimum absolute atomic E-state index is 0.0264. The van der Waals surface area contributed by atoms with Crippen molar-refractivity contribution >= 4 is 27.5 Å². The van der Waals surface area contributed by atoms with E-state index in [0.29, 0.717) is 10.8 Å². The highest BCUT2D eigenvalue weighted by molar-refractivity contribution is 7.89. The molecule has 23 heavy (non-hydrogen) atoms. The van der Waals surface area contributed by atoms with Crippen LogP contribution in [0.3, 0.4) is 0 Å². The van der Waals surface area contributed by atoms with Gasteiger partial charge in [0, 0.05) is 5.56 Å². The zero-order valence-electron chi connectivity index (χ0n) is 11.9. The Morgan fingerprint density at radius 3 is 2.52 bits per heavy atom. The second kappa shape index (κ2) is 6.69. The molecule has 0 unspecified atom stereocenters. The number of amides is 1. The van der Waals surface area contributed by atoms with Crippen molar-refractivity contribution < 1.29 is 17.9 Å². The van der Waals surface area contributed by atoms with Gasteiger partial charge in [0.05, 0.1) is 16.8 Å². The van der Waals surface area contributed by atoms with Crippen molar-refractivity contribution in [3.63, 3.8) is 0 Å². The quantitative estimate of drug-likeness (QED) is 0.914. The zero-order chi connectivity index (χ0) is 17.0. The molecule has 0 saturated carbocycles. The van der Waals surface area contributed by atoms with Gasteiger partial charge in [-0.2, -0.15) is 5.26 Å². The fourth-order valence-electron chi connectivity index (χ4n) is 1.72. The number of para-hydroxylation sites is 1. The van der Waals surface area contributed by atoms with Gasteiger partial charge in [-0.25, -0.2) is 13.1 Å². The second-order valence-electron chi connectivity index (χ2n) is 4.56. The van der Waals surface area contributed by atoms with Crippen LogP contribution in [0.5, 0.6) is 11.5 Å². The summed E-state index contributed by atoms with van der Waals surface area (Å²) in [6, 6.07) is 12.6. The molecule has 0 aliphatic rings. The Hall–Kier alpha value is -2.56. The van der Waals surface area contributed by atoms with Crippen LogP contribution in [0.1, 0.15) is 15.9 Å². The van der Waals surface area contributed by atoms with E-state index in [0.717, 1.165) is 6.26 Å². The Labute approximate surface area is 138 Å². The molecular formula is C15H11ClN2O4S. The summed E-state index contributed by atoms with van der Waals surface area (Å²) in [6.07, 6.45) is 0.866. The van der Waals surface area contributed by atoms with Crippen molar-refractivity contribution in [1.82, 2.24) is 4.72 Å². The van der Waals surface area contributed by atoms with Crippen LogP contribution in [0.2, 0.25) is 5.02 Å². The van der Waals surface area contributed by atoms with Gasteiger partial charge >= 0.3 is 0 Å². The van der Waals surface area contributed by atoms with E-state index in [9.17, 15) is 18.5 Å². The Bertz CT molecular complexity index is 904. The van der Waals surface area contributed by atoms with E-state index in [1.165, 1.54) is 18.2 Å². The molecule has 0 atom stereocenters. The molecule has 0 aliphatic heterocycles. The number of nitrogens with one attached hydrogen (secondary N) is 1. The number of sulfonamides is 1. The van der Waals surface area contributed by atoms with Crippen LogP contribution in [0.15, 0.2) is 42.5 Å². The minimum atomic E-state index is -3.69. The third-order valence-electron chi connectivity index (χ3n) is 2.70. The number of nitrogens with zero attached hydrogens (tertiary/aromatic N) is 1. The number of carbonyl (C=O) groups excluding carboxylic acids is 1. The van der Waals surface area contributed by atoms with Crippen molar-refractivity contribution in [3.05, 3.63) is 58.6 Å². The summed E-state index contributed by atoms with van der Waals surface area (Å²) in [7, 11) is -3.69. The van der Waals surface area contributed by atoms with Gasteiger partial charge in [0.25, 0.3) is 5.91 Å². The number of ether oxygens (including phenoxy) is 1. The monoisotopic (exact) mass is 350 g/mol. The largest absolute Gasteiger partial charge is 0.454 e. The molecule has 0 aliphatic carbocycles. The lowest BCUT2D eigenvalue weighted by atomic mass is 10.1. The molecule has 118 valence electrons. The number of hydrogen-bond acceptors (Lipinski definition) is 5. The van der Waals surface area contributed by atoms with E-state index in [2.05, 4.69) is 0 Å². The normalized spacial score (nSPS) is 10.7. The highest BCUT2D eigenvalue weighted by Gasteiger charge is 2.14. The lowest BCUT2D eigenvalue weighted by molar-refractivity contribution is 0.0981. The van der Waals surface area contributed by atoms with Crippen LogP contribution >= 0.6 is 11.6 Å². The second-order valence-corrected chi connectivity index (χ2v) is 6.71. The number of benzene rings is 2. The third kappa shape index (κ3) is 4.45.